The number of benzene rings is 1. The topological polar surface area (TPSA) is 38.1 Å². The van der Waals surface area contributed by atoms with Crippen LogP contribution in [-0.2, 0) is 0 Å². The third kappa shape index (κ3) is 2.51. The molecule has 2 aromatic heterocycles. The average Bonchev–Trinajstić information content (AvgIpc) is 2.80. The van der Waals surface area contributed by atoms with Gasteiger partial charge in [0.05, 0.1) is 17.4 Å². The summed E-state index contributed by atoms with van der Waals surface area (Å²) in [5.74, 6) is 0.983. The van der Waals surface area contributed by atoms with E-state index in [1.165, 1.54) is 10.9 Å². The molecule has 1 N–H and O–H groups in total. The molecule has 3 rings (SSSR count). The number of fused-ring (bicyclic) bond motifs is 1. The number of anilines is 1. The standard InChI is InChI=1S/C18H20N2O/c1-11-9-10-16(13(3)19-11)20-14(4)18-12(2)15-7-5-6-8-17(15)21-18/h5-10,14,20H,1-4H3. The second-order valence-electron chi connectivity index (χ2n) is 5.54. The fourth-order valence-corrected chi connectivity index (χ4v) is 2.74. The van der Waals surface area contributed by atoms with Crippen molar-refractivity contribution in [3.05, 3.63) is 59.1 Å². The third-order valence-electron chi connectivity index (χ3n) is 3.87. The molecule has 0 saturated heterocycles. The molecule has 3 aromatic rings. The summed E-state index contributed by atoms with van der Waals surface area (Å²) in [5.41, 5.74) is 5.23. The van der Waals surface area contributed by atoms with Crippen LogP contribution in [0.25, 0.3) is 11.0 Å². The molecule has 3 nitrogen and oxygen atoms in total. The Kier molecular flexibility index (Phi) is 3.42. The number of hydrogen-bond donors (Lipinski definition) is 1. The van der Waals surface area contributed by atoms with E-state index in [9.17, 15) is 0 Å². The Bertz CT molecular complexity index is 789. The first kappa shape index (κ1) is 13.7. The first-order valence-corrected chi connectivity index (χ1v) is 7.25. The van der Waals surface area contributed by atoms with E-state index < -0.39 is 0 Å². The minimum Gasteiger partial charge on any atom is -0.459 e. The van der Waals surface area contributed by atoms with Crippen LogP contribution in [0.5, 0.6) is 0 Å². The molecule has 0 radical (unpaired) electrons. The van der Waals surface area contributed by atoms with Gasteiger partial charge in [0.2, 0.25) is 0 Å². The molecule has 2 heterocycles. The lowest BCUT2D eigenvalue weighted by atomic mass is 10.1. The lowest BCUT2D eigenvalue weighted by Gasteiger charge is -2.15. The lowest BCUT2D eigenvalue weighted by molar-refractivity contribution is 0.522. The number of furan rings is 1. The van der Waals surface area contributed by atoms with Crippen molar-refractivity contribution >= 4 is 16.7 Å². The quantitative estimate of drug-likeness (QED) is 0.739. The zero-order valence-corrected chi connectivity index (χ0v) is 12.9. The Morgan fingerprint density at radius 2 is 1.81 bits per heavy atom. The summed E-state index contributed by atoms with van der Waals surface area (Å²) in [6.45, 7) is 8.25. The van der Waals surface area contributed by atoms with Gasteiger partial charge in [-0.3, -0.25) is 4.98 Å². The van der Waals surface area contributed by atoms with E-state index in [-0.39, 0.29) is 6.04 Å². The van der Waals surface area contributed by atoms with E-state index in [2.05, 4.69) is 36.3 Å². The third-order valence-corrected chi connectivity index (χ3v) is 3.87. The van der Waals surface area contributed by atoms with E-state index in [0.29, 0.717) is 0 Å². The summed E-state index contributed by atoms with van der Waals surface area (Å²) < 4.78 is 6.01. The van der Waals surface area contributed by atoms with Gasteiger partial charge in [0.1, 0.15) is 11.3 Å². The maximum absolute atomic E-state index is 6.01. The Hall–Kier alpha value is -2.29. The molecule has 0 amide bonds. The minimum absolute atomic E-state index is 0.0978. The molecule has 0 bridgehead atoms. The average molecular weight is 280 g/mol. The van der Waals surface area contributed by atoms with Gasteiger partial charge in [-0.1, -0.05) is 18.2 Å². The van der Waals surface area contributed by atoms with Crippen LogP contribution in [0.1, 0.15) is 35.7 Å². The van der Waals surface area contributed by atoms with Gasteiger partial charge in [0.25, 0.3) is 0 Å². The highest BCUT2D eigenvalue weighted by atomic mass is 16.3. The zero-order valence-electron chi connectivity index (χ0n) is 12.9. The summed E-state index contributed by atoms with van der Waals surface area (Å²) in [6.07, 6.45) is 0. The normalized spacial score (nSPS) is 12.6. The maximum Gasteiger partial charge on any atom is 0.134 e. The predicted molar refractivity (Wildman–Crippen MR) is 86.7 cm³/mol. The zero-order chi connectivity index (χ0) is 15.0. The molecule has 0 fully saturated rings. The molecule has 1 aromatic carbocycles. The maximum atomic E-state index is 6.01. The van der Waals surface area contributed by atoms with Gasteiger partial charge in [-0.05, 0) is 45.9 Å². The van der Waals surface area contributed by atoms with Crippen LogP contribution < -0.4 is 5.32 Å². The fraction of sp³-hybridized carbons (Fsp3) is 0.278. The minimum atomic E-state index is 0.0978. The number of nitrogens with one attached hydrogen (secondary N) is 1. The molecule has 0 aliphatic heterocycles. The Morgan fingerprint density at radius 1 is 1.05 bits per heavy atom. The second kappa shape index (κ2) is 5.24. The SMILES string of the molecule is Cc1ccc(NC(C)c2oc3ccccc3c2C)c(C)n1. The summed E-state index contributed by atoms with van der Waals surface area (Å²) in [4.78, 5) is 4.49. The van der Waals surface area contributed by atoms with Gasteiger partial charge in [-0.25, -0.2) is 0 Å². The summed E-state index contributed by atoms with van der Waals surface area (Å²) in [6, 6.07) is 12.3. The summed E-state index contributed by atoms with van der Waals surface area (Å²) >= 11 is 0. The highest BCUT2D eigenvalue weighted by Crippen LogP contribution is 2.31. The van der Waals surface area contributed by atoms with Crippen LogP contribution in [-0.4, -0.2) is 4.98 Å². The number of pyridine rings is 1. The number of aromatic nitrogens is 1. The van der Waals surface area contributed by atoms with Crippen LogP contribution in [0.2, 0.25) is 0 Å². The van der Waals surface area contributed by atoms with E-state index in [1.807, 2.05) is 38.1 Å². The predicted octanol–water partition coefficient (Wildman–Crippen LogP) is 4.93. The van der Waals surface area contributed by atoms with Gasteiger partial charge in [-0.15, -0.1) is 0 Å². The first-order chi connectivity index (χ1) is 10.1. The van der Waals surface area contributed by atoms with Gasteiger partial charge in [0.15, 0.2) is 0 Å². The van der Waals surface area contributed by atoms with Crippen molar-refractivity contribution in [2.24, 2.45) is 0 Å². The fourth-order valence-electron chi connectivity index (χ4n) is 2.74. The van der Waals surface area contributed by atoms with Crippen molar-refractivity contribution in [2.75, 3.05) is 5.32 Å². The molecule has 108 valence electrons. The highest BCUT2D eigenvalue weighted by Gasteiger charge is 2.17. The van der Waals surface area contributed by atoms with Crippen LogP contribution in [0.15, 0.2) is 40.8 Å². The molecule has 0 aliphatic rings. The molecule has 0 spiro atoms. The van der Waals surface area contributed by atoms with Crippen molar-refractivity contribution in [1.82, 2.24) is 4.98 Å². The number of nitrogens with zero attached hydrogens (tertiary/aromatic N) is 1. The summed E-state index contributed by atoms with van der Waals surface area (Å²) in [7, 11) is 0. The largest absolute Gasteiger partial charge is 0.459 e. The highest BCUT2D eigenvalue weighted by molar-refractivity contribution is 5.82. The van der Waals surface area contributed by atoms with Crippen LogP contribution in [0, 0.1) is 20.8 Å². The van der Waals surface area contributed by atoms with Crippen LogP contribution in [0.3, 0.4) is 0 Å². The number of rotatable bonds is 3. The molecular formula is C18H20N2O. The van der Waals surface area contributed by atoms with Gasteiger partial charge < -0.3 is 9.73 Å². The van der Waals surface area contributed by atoms with E-state index >= 15 is 0 Å². The molecule has 0 aliphatic carbocycles. The number of para-hydroxylation sites is 1. The molecule has 21 heavy (non-hydrogen) atoms. The van der Waals surface area contributed by atoms with Crippen molar-refractivity contribution in [1.29, 1.82) is 0 Å². The van der Waals surface area contributed by atoms with Gasteiger partial charge in [-0.2, -0.15) is 0 Å². The van der Waals surface area contributed by atoms with Gasteiger partial charge >= 0.3 is 0 Å². The van der Waals surface area contributed by atoms with E-state index in [1.54, 1.807) is 0 Å². The van der Waals surface area contributed by atoms with E-state index in [4.69, 9.17) is 4.42 Å². The molecule has 1 atom stereocenters. The smallest absolute Gasteiger partial charge is 0.134 e. The molecular weight excluding hydrogens is 260 g/mol. The Balaban J connectivity index is 1.93. The molecule has 1 unspecified atom stereocenters. The van der Waals surface area contributed by atoms with Crippen molar-refractivity contribution < 1.29 is 4.42 Å². The molecule has 0 saturated carbocycles. The Labute approximate surface area is 125 Å². The van der Waals surface area contributed by atoms with Crippen molar-refractivity contribution in [3.63, 3.8) is 0 Å². The van der Waals surface area contributed by atoms with E-state index in [0.717, 1.165) is 28.4 Å². The summed E-state index contributed by atoms with van der Waals surface area (Å²) in [5, 5.41) is 4.68. The number of hydrogen-bond acceptors (Lipinski definition) is 3. The first-order valence-electron chi connectivity index (χ1n) is 7.25. The monoisotopic (exact) mass is 280 g/mol. The van der Waals surface area contributed by atoms with Gasteiger partial charge in [0, 0.05) is 16.6 Å². The van der Waals surface area contributed by atoms with Crippen molar-refractivity contribution in [3.8, 4) is 0 Å². The molecule has 3 heteroatoms. The number of aryl methyl sites for hydroxylation is 3. The lowest BCUT2D eigenvalue weighted by Crippen LogP contribution is -2.08. The second-order valence-corrected chi connectivity index (χ2v) is 5.54. The Morgan fingerprint density at radius 3 is 2.52 bits per heavy atom. The van der Waals surface area contributed by atoms with Crippen molar-refractivity contribution in [2.45, 2.75) is 33.7 Å². The van der Waals surface area contributed by atoms with Crippen LogP contribution >= 0.6 is 0 Å². The van der Waals surface area contributed by atoms with Crippen LogP contribution in [0.4, 0.5) is 5.69 Å².